The molecule has 2 N–H and O–H groups in total. The standard InChI is InChI=1S/C31H25F3N2O5S/c32-31(33,34)25-6-3-5-23(17-25)22-12-14-26(15-13-22)42(40,41)36-27-7-2-1-4-24(27)18-28(36)30(39)35-19-21-10-8-20(9-11-21)16-29(37)38/h1-15,17,28H,16,18-19H2,(H,35,39)(H,37,38). The van der Waals surface area contributed by atoms with Crippen LogP contribution in [0.4, 0.5) is 18.9 Å². The number of carboxylic acids is 1. The van der Waals surface area contributed by atoms with Gasteiger partial charge in [-0.15, -0.1) is 0 Å². The van der Waals surface area contributed by atoms with Gasteiger partial charge in [0.15, 0.2) is 0 Å². The molecule has 11 heteroatoms. The summed E-state index contributed by atoms with van der Waals surface area (Å²) in [5, 5.41) is 11.7. The van der Waals surface area contributed by atoms with Gasteiger partial charge < -0.3 is 10.4 Å². The molecule has 0 aromatic heterocycles. The number of aliphatic carboxylic acids is 1. The number of carbonyl (C=O) groups is 2. The number of alkyl halides is 3. The van der Waals surface area contributed by atoms with Gasteiger partial charge in [-0.25, -0.2) is 8.42 Å². The first kappa shape index (κ1) is 28.9. The first-order valence-electron chi connectivity index (χ1n) is 12.9. The molecule has 0 fully saturated rings. The zero-order valence-electron chi connectivity index (χ0n) is 22.0. The number of nitrogens with zero attached hydrogens (tertiary/aromatic N) is 1. The van der Waals surface area contributed by atoms with Crippen LogP contribution in [0.3, 0.4) is 0 Å². The molecule has 1 aliphatic heterocycles. The summed E-state index contributed by atoms with van der Waals surface area (Å²) in [5.41, 5.74) is 2.26. The van der Waals surface area contributed by atoms with Gasteiger partial charge in [0.05, 0.1) is 22.6 Å². The molecule has 1 unspecified atom stereocenters. The number of anilines is 1. The van der Waals surface area contributed by atoms with E-state index in [9.17, 15) is 31.2 Å². The third-order valence-electron chi connectivity index (χ3n) is 7.01. The summed E-state index contributed by atoms with van der Waals surface area (Å²) in [7, 11) is -4.24. The van der Waals surface area contributed by atoms with Crippen molar-refractivity contribution in [2.75, 3.05) is 4.31 Å². The Balaban J connectivity index is 1.38. The summed E-state index contributed by atoms with van der Waals surface area (Å²) in [4.78, 5) is 24.1. The summed E-state index contributed by atoms with van der Waals surface area (Å²) >= 11 is 0. The average molecular weight is 595 g/mol. The molecular weight excluding hydrogens is 569 g/mol. The van der Waals surface area contributed by atoms with E-state index in [4.69, 9.17) is 5.11 Å². The van der Waals surface area contributed by atoms with Crippen molar-refractivity contribution in [2.24, 2.45) is 0 Å². The Morgan fingerprint density at radius 2 is 1.52 bits per heavy atom. The molecule has 1 aliphatic rings. The summed E-state index contributed by atoms with van der Waals surface area (Å²) in [5.74, 6) is -1.46. The largest absolute Gasteiger partial charge is 0.481 e. The Kier molecular flexibility index (Phi) is 7.79. The second-order valence-corrected chi connectivity index (χ2v) is 11.7. The van der Waals surface area contributed by atoms with E-state index in [1.54, 1.807) is 48.5 Å². The minimum absolute atomic E-state index is 0.109. The predicted octanol–water partition coefficient (Wildman–Crippen LogP) is 5.44. The molecule has 42 heavy (non-hydrogen) atoms. The molecule has 0 spiro atoms. The van der Waals surface area contributed by atoms with Gasteiger partial charge in [0.25, 0.3) is 10.0 Å². The maximum absolute atomic E-state index is 13.9. The van der Waals surface area contributed by atoms with Crippen molar-refractivity contribution < 1.29 is 36.3 Å². The molecule has 4 aromatic rings. The van der Waals surface area contributed by atoms with E-state index in [0.717, 1.165) is 16.4 Å². The van der Waals surface area contributed by atoms with E-state index >= 15 is 0 Å². The third-order valence-corrected chi connectivity index (χ3v) is 8.84. The molecule has 0 saturated heterocycles. The second kappa shape index (κ2) is 11.3. The highest BCUT2D eigenvalue weighted by molar-refractivity contribution is 7.93. The fraction of sp³-hybridized carbons (Fsp3) is 0.161. The third kappa shape index (κ3) is 6.01. The number of benzene rings is 4. The molecule has 1 heterocycles. The Bertz CT molecular complexity index is 1740. The maximum atomic E-state index is 13.9. The maximum Gasteiger partial charge on any atom is 0.416 e. The summed E-state index contributed by atoms with van der Waals surface area (Å²) < 4.78 is 68.4. The highest BCUT2D eigenvalue weighted by atomic mass is 32.2. The molecular formula is C31H25F3N2O5S. The molecule has 4 aromatic carbocycles. The zero-order chi connectivity index (χ0) is 30.1. The van der Waals surface area contributed by atoms with Crippen LogP contribution in [0.5, 0.6) is 0 Å². The van der Waals surface area contributed by atoms with Crippen molar-refractivity contribution >= 4 is 27.6 Å². The van der Waals surface area contributed by atoms with Gasteiger partial charge in [-0.3, -0.25) is 13.9 Å². The monoisotopic (exact) mass is 594 g/mol. The number of carbonyl (C=O) groups excluding carboxylic acids is 1. The number of hydrogen-bond donors (Lipinski definition) is 2. The average Bonchev–Trinajstić information content (AvgIpc) is 3.37. The van der Waals surface area contributed by atoms with Crippen molar-refractivity contribution in [3.8, 4) is 11.1 Å². The van der Waals surface area contributed by atoms with E-state index in [-0.39, 0.29) is 29.8 Å². The normalized spacial score (nSPS) is 14.8. The number of sulfonamides is 1. The summed E-state index contributed by atoms with van der Waals surface area (Å²) in [6.45, 7) is 0.110. The lowest BCUT2D eigenvalue weighted by molar-refractivity contribution is -0.138. The smallest absolute Gasteiger partial charge is 0.416 e. The lowest BCUT2D eigenvalue weighted by Gasteiger charge is -2.26. The fourth-order valence-electron chi connectivity index (χ4n) is 4.92. The van der Waals surface area contributed by atoms with Crippen LogP contribution >= 0.6 is 0 Å². The van der Waals surface area contributed by atoms with Gasteiger partial charge in [-0.05, 0) is 58.1 Å². The van der Waals surface area contributed by atoms with Gasteiger partial charge in [0, 0.05) is 13.0 Å². The van der Waals surface area contributed by atoms with Crippen molar-refractivity contribution in [2.45, 2.75) is 36.5 Å². The first-order chi connectivity index (χ1) is 19.9. The molecule has 1 amide bonds. The van der Waals surface area contributed by atoms with E-state index in [0.29, 0.717) is 27.9 Å². The molecule has 216 valence electrons. The highest BCUT2D eigenvalue weighted by Crippen LogP contribution is 2.38. The number of para-hydroxylation sites is 1. The molecule has 1 atom stereocenters. The number of rotatable bonds is 8. The van der Waals surface area contributed by atoms with Crippen molar-refractivity contribution in [1.29, 1.82) is 0 Å². The minimum Gasteiger partial charge on any atom is -0.481 e. The summed E-state index contributed by atoms with van der Waals surface area (Å²) in [6.07, 6.45) is -4.48. The van der Waals surface area contributed by atoms with Crippen LogP contribution in [-0.2, 0) is 45.2 Å². The Morgan fingerprint density at radius 1 is 0.857 bits per heavy atom. The number of amides is 1. The molecule has 0 aliphatic carbocycles. The molecule has 7 nitrogen and oxygen atoms in total. The van der Waals surface area contributed by atoms with E-state index < -0.39 is 39.7 Å². The topological polar surface area (TPSA) is 104 Å². The Morgan fingerprint density at radius 3 is 2.19 bits per heavy atom. The minimum atomic E-state index is -4.51. The van der Waals surface area contributed by atoms with Crippen molar-refractivity contribution in [3.05, 3.63) is 119 Å². The summed E-state index contributed by atoms with van der Waals surface area (Å²) in [6, 6.07) is 22.7. The van der Waals surface area contributed by atoms with Crippen LogP contribution in [0.1, 0.15) is 22.3 Å². The molecule has 0 radical (unpaired) electrons. The number of fused-ring (bicyclic) bond motifs is 1. The zero-order valence-corrected chi connectivity index (χ0v) is 22.8. The number of halogens is 3. The van der Waals surface area contributed by atoms with Gasteiger partial charge in [0.1, 0.15) is 6.04 Å². The first-order valence-corrected chi connectivity index (χ1v) is 14.3. The molecule has 0 bridgehead atoms. The Hall–Kier alpha value is -4.64. The van der Waals surface area contributed by atoms with Crippen LogP contribution in [0.15, 0.2) is 102 Å². The number of nitrogens with one attached hydrogen (secondary N) is 1. The van der Waals surface area contributed by atoms with E-state index in [2.05, 4.69) is 5.32 Å². The van der Waals surface area contributed by atoms with Crippen LogP contribution in [0, 0.1) is 0 Å². The fourth-order valence-corrected chi connectivity index (χ4v) is 6.57. The number of hydrogen-bond acceptors (Lipinski definition) is 4. The molecule has 0 saturated carbocycles. The van der Waals surface area contributed by atoms with Gasteiger partial charge in [-0.2, -0.15) is 13.2 Å². The lowest BCUT2D eigenvalue weighted by Crippen LogP contribution is -2.47. The van der Waals surface area contributed by atoms with Gasteiger partial charge in [0.2, 0.25) is 5.91 Å². The van der Waals surface area contributed by atoms with E-state index in [1.807, 2.05) is 0 Å². The van der Waals surface area contributed by atoms with Crippen molar-refractivity contribution in [1.82, 2.24) is 5.32 Å². The second-order valence-electron chi connectivity index (χ2n) is 9.86. The van der Waals surface area contributed by atoms with Crippen LogP contribution < -0.4 is 9.62 Å². The van der Waals surface area contributed by atoms with Crippen molar-refractivity contribution in [3.63, 3.8) is 0 Å². The molecule has 5 rings (SSSR count). The quantitative estimate of drug-likeness (QED) is 0.283. The Labute approximate surface area is 240 Å². The van der Waals surface area contributed by atoms with Gasteiger partial charge in [-0.1, -0.05) is 66.7 Å². The lowest BCUT2D eigenvalue weighted by atomic mass is 10.0. The SMILES string of the molecule is O=C(O)Cc1ccc(CNC(=O)C2Cc3ccccc3N2S(=O)(=O)c2ccc(-c3cccc(C(F)(F)F)c3)cc2)cc1. The number of carboxylic acid groups (broad SMARTS) is 1. The van der Waals surface area contributed by atoms with Crippen LogP contribution in [-0.4, -0.2) is 31.4 Å². The van der Waals surface area contributed by atoms with Crippen LogP contribution in [0.2, 0.25) is 0 Å². The highest BCUT2D eigenvalue weighted by Gasteiger charge is 2.42. The predicted molar refractivity (Wildman–Crippen MR) is 150 cm³/mol. The van der Waals surface area contributed by atoms with Gasteiger partial charge >= 0.3 is 12.1 Å². The van der Waals surface area contributed by atoms with E-state index in [1.165, 1.54) is 36.4 Å². The van der Waals surface area contributed by atoms with Crippen LogP contribution in [0.25, 0.3) is 11.1 Å².